The Kier molecular flexibility index (Phi) is 4.39. The molecule has 0 atom stereocenters. The molecule has 2 heterocycles. The number of allylic oxidation sites excluding steroid dienone is 1. The van der Waals surface area contributed by atoms with Gasteiger partial charge in [-0.2, -0.15) is 0 Å². The van der Waals surface area contributed by atoms with Crippen LogP contribution in [-0.2, 0) is 0 Å². The fraction of sp³-hybridized carbons (Fsp3) is 0.111. The highest BCUT2D eigenvalue weighted by Crippen LogP contribution is 2.20. The Labute approximate surface area is 138 Å². The molecule has 4 nitrogen and oxygen atoms in total. The van der Waals surface area contributed by atoms with E-state index in [1.165, 1.54) is 11.3 Å². The molecule has 3 rings (SSSR count). The summed E-state index contributed by atoms with van der Waals surface area (Å²) >= 11 is 1.46. The number of aryl methyl sites for hydroxylation is 2. The van der Waals surface area contributed by atoms with E-state index in [-0.39, 0.29) is 5.78 Å². The van der Waals surface area contributed by atoms with Crippen LogP contribution in [0.1, 0.15) is 27.2 Å². The van der Waals surface area contributed by atoms with Crippen molar-refractivity contribution in [2.24, 2.45) is 0 Å². The Bertz CT molecular complexity index is 869. The van der Waals surface area contributed by atoms with Gasteiger partial charge in [-0.05, 0) is 43.7 Å². The number of ketones is 1. The van der Waals surface area contributed by atoms with Crippen LogP contribution in [0.4, 0.5) is 0 Å². The molecular weight excluding hydrogens is 306 g/mol. The summed E-state index contributed by atoms with van der Waals surface area (Å²) in [6.07, 6.45) is 6.66. The van der Waals surface area contributed by atoms with E-state index >= 15 is 0 Å². The summed E-state index contributed by atoms with van der Waals surface area (Å²) in [5.41, 5.74) is 3.51. The zero-order chi connectivity index (χ0) is 16.2. The maximum Gasteiger partial charge on any atom is 0.188 e. The third-order valence-electron chi connectivity index (χ3n) is 3.34. The smallest absolute Gasteiger partial charge is 0.188 e. The van der Waals surface area contributed by atoms with E-state index in [4.69, 9.17) is 0 Å². The fourth-order valence-corrected chi connectivity index (χ4v) is 2.86. The highest BCUT2D eigenvalue weighted by molar-refractivity contribution is 7.13. The summed E-state index contributed by atoms with van der Waals surface area (Å²) in [5.74, 6) is 0.578. The SMILES string of the molecule is Cc1ccc(C)c(C(=O)/C=C\c2csc(-c3ncccn3)n2)c1. The highest BCUT2D eigenvalue weighted by atomic mass is 32.1. The number of rotatable bonds is 4. The molecule has 23 heavy (non-hydrogen) atoms. The molecule has 0 saturated heterocycles. The van der Waals surface area contributed by atoms with Gasteiger partial charge in [0, 0.05) is 23.3 Å². The average Bonchev–Trinajstić information content (AvgIpc) is 3.05. The molecule has 0 spiro atoms. The van der Waals surface area contributed by atoms with Crippen molar-refractivity contribution in [2.45, 2.75) is 13.8 Å². The molecule has 0 N–H and O–H groups in total. The molecule has 0 aliphatic rings. The van der Waals surface area contributed by atoms with Gasteiger partial charge >= 0.3 is 0 Å². The summed E-state index contributed by atoms with van der Waals surface area (Å²) in [7, 11) is 0. The van der Waals surface area contributed by atoms with E-state index in [1.54, 1.807) is 30.6 Å². The van der Waals surface area contributed by atoms with Crippen molar-refractivity contribution in [3.05, 3.63) is 70.5 Å². The van der Waals surface area contributed by atoms with E-state index in [9.17, 15) is 4.79 Å². The highest BCUT2D eigenvalue weighted by Gasteiger charge is 2.08. The lowest BCUT2D eigenvalue weighted by Crippen LogP contribution is -1.98. The third-order valence-corrected chi connectivity index (χ3v) is 4.20. The largest absolute Gasteiger partial charge is 0.289 e. The van der Waals surface area contributed by atoms with Gasteiger partial charge in [0.05, 0.1) is 5.69 Å². The zero-order valence-corrected chi connectivity index (χ0v) is 13.7. The lowest BCUT2D eigenvalue weighted by molar-refractivity contribution is 0.104. The van der Waals surface area contributed by atoms with Gasteiger partial charge in [-0.15, -0.1) is 11.3 Å². The van der Waals surface area contributed by atoms with E-state index in [1.807, 2.05) is 37.4 Å². The van der Waals surface area contributed by atoms with Gasteiger partial charge in [0.2, 0.25) is 0 Å². The van der Waals surface area contributed by atoms with Gasteiger partial charge in [-0.1, -0.05) is 17.7 Å². The van der Waals surface area contributed by atoms with Gasteiger partial charge in [0.15, 0.2) is 16.6 Å². The van der Waals surface area contributed by atoms with Crippen molar-refractivity contribution in [1.29, 1.82) is 0 Å². The Morgan fingerprint density at radius 3 is 2.74 bits per heavy atom. The minimum absolute atomic E-state index is 0.0169. The van der Waals surface area contributed by atoms with Crippen LogP contribution in [-0.4, -0.2) is 20.7 Å². The van der Waals surface area contributed by atoms with Crippen LogP contribution in [0.25, 0.3) is 16.9 Å². The Morgan fingerprint density at radius 2 is 1.96 bits per heavy atom. The van der Waals surface area contributed by atoms with Gasteiger partial charge in [0.1, 0.15) is 0 Å². The summed E-state index contributed by atoms with van der Waals surface area (Å²) in [6, 6.07) is 7.64. The van der Waals surface area contributed by atoms with Crippen molar-refractivity contribution in [3.63, 3.8) is 0 Å². The van der Waals surface area contributed by atoms with E-state index in [0.717, 1.165) is 27.4 Å². The molecule has 1 aromatic carbocycles. The van der Waals surface area contributed by atoms with Crippen molar-refractivity contribution >= 4 is 23.2 Å². The molecule has 3 aromatic rings. The second-order valence-corrected chi connectivity index (χ2v) is 6.02. The fourth-order valence-electron chi connectivity index (χ4n) is 2.13. The van der Waals surface area contributed by atoms with Crippen molar-refractivity contribution in [1.82, 2.24) is 15.0 Å². The van der Waals surface area contributed by atoms with Crippen LogP contribution in [0.5, 0.6) is 0 Å². The number of carbonyl (C=O) groups is 1. The van der Waals surface area contributed by atoms with Gasteiger partial charge in [0.25, 0.3) is 0 Å². The van der Waals surface area contributed by atoms with Crippen LogP contribution in [0.15, 0.2) is 48.1 Å². The molecule has 0 amide bonds. The second-order valence-electron chi connectivity index (χ2n) is 5.17. The standard InChI is InChI=1S/C18H15N3OS/c1-12-4-5-13(2)15(10-12)16(22)7-6-14-11-23-18(21-14)17-19-8-3-9-20-17/h3-11H,1-2H3/b7-6-. The summed E-state index contributed by atoms with van der Waals surface area (Å²) in [4.78, 5) is 25.1. The first-order valence-corrected chi connectivity index (χ1v) is 8.04. The number of aromatic nitrogens is 3. The predicted molar refractivity (Wildman–Crippen MR) is 92.4 cm³/mol. The van der Waals surface area contributed by atoms with Gasteiger partial charge in [-0.3, -0.25) is 4.79 Å². The number of carbonyl (C=O) groups excluding carboxylic acids is 1. The molecule has 0 unspecified atom stereocenters. The summed E-state index contributed by atoms with van der Waals surface area (Å²) < 4.78 is 0. The summed E-state index contributed by atoms with van der Waals surface area (Å²) in [6.45, 7) is 3.92. The van der Waals surface area contributed by atoms with Crippen LogP contribution in [0.2, 0.25) is 0 Å². The maximum absolute atomic E-state index is 12.3. The molecule has 0 aliphatic heterocycles. The maximum atomic E-state index is 12.3. The average molecular weight is 321 g/mol. The minimum Gasteiger partial charge on any atom is -0.289 e. The Balaban J connectivity index is 1.79. The van der Waals surface area contributed by atoms with Crippen LogP contribution in [0, 0.1) is 13.8 Å². The number of nitrogens with zero attached hydrogens (tertiary/aromatic N) is 3. The molecule has 0 radical (unpaired) electrons. The zero-order valence-electron chi connectivity index (χ0n) is 12.9. The van der Waals surface area contributed by atoms with Crippen LogP contribution >= 0.6 is 11.3 Å². The lowest BCUT2D eigenvalue weighted by Gasteiger charge is -2.02. The second kappa shape index (κ2) is 6.62. The van der Waals surface area contributed by atoms with Crippen LogP contribution in [0.3, 0.4) is 0 Å². The molecular formula is C18H15N3OS. The minimum atomic E-state index is -0.0169. The lowest BCUT2D eigenvalue weighted by atomic mass is 10.0. The molecule has 0 bridgehead atoms. The van der Waals surface area contributed by atoms with Crippen molar-refractivity contribution < 1.29 is 4.79 Å². The Hall–Kier alpha value is -2.66. The normalized spacial score (nSPS) is 11.0. The molecule has 0 saturated carbocycles. The van der Waals surface area contributed by atoms with Crippen molar-refractivity contribution in [3.8, 4) is 10.8 Å². The quantitative estimate of drug-likeness (QED) is 0.536. The molecule has 0 fully saturated rings. The molecule has 2 aromatic heterocycles. The number of hydrogen-bond acceptors (Lipinski definition) is 5. The number of benzene rings is 1. The first kappa shape index (κ1) is 15.2. The van der Waals surface area contributed by atoms with Crippen LogP contribution < -0.4 is 0 Å². The van der Waals surface area contributed by atoms with E-state index in [2.05, 4.69) is 15.0 Å². The molecule has 5 heteroatoms. The molecule has 114 valence electrons. The van der Waals surface area contributed by atoms with Gasteiger partial charge in [-0.25, -0.2) is 15.0 Å². The molecule has 0 aliphatic carbocycles. The third kappa shape index (κ3) is 3.57. The first-order valence-electron chi connectivity index (χ1n) is 7.16. The summed E-state index contributed by atoms with van der Waals surface area (Å²) in [5, 5.41) is 2.63. The van der Waals surface area contributed by atoms with Gasteiger partial charge < -0.3 is 0 Å². The van der Waals surface area contributed by atoms with E-state index < -0.39 is 0 Å². The predicted octanol–water partition coefficient (Wildman–Crippen LogP) is 4.11. The van der Waals surface area contributed by atoms with Crippen molar-refractivity contribution in [2.75, 3.05) is 0 Å². The Morgan fingerprint density at radius 1 is 1.17 bits per heavy atom. The number of hydrogen-bond donors (Lipinski definition) is 0. The first-order chi connectivity index (χ1) is 11.1. The number of thiazole rings is 1. The topological polar surface area (TPSA) is 55.7 Å². The van der Waals surface area contributed by atoms with E-state index in [0.29, 0.717) is 5.82 Å². The monoisotopic (exact) mass is 321 g/mol.